The summed E-state index contributed by atoms with van der Waals surface area (Å²) in [5.74, 6) is -7.57. The van der Waals surface area contributed by atoms with Crippen molar-refractivity contribution in [2.75, 3.05) is 0 Å². The lowest BCUT2D eigenvalue weighted by atomic mass is 9.90. The molecule has 1 atom stereocenters. The molecule has 1 aliphatic heterocycles. The van der Waals surface area contributed by atoms with E-state index < -0.39 is 30.3 Å². The standard InChI is InChI=1S/C26H20Cl2F2N2O3/c1-15-3-2-4-20(24(15)17-7-11-19(28)12-8-17)21-13-22(16-5-9-18(27)10-6-16)32(31-21)25(35)26(29,30)14-23(33)34/h2-12,22H,13-14H2,1H3,(H,33,34). The summed E-state index contributed by atoms with van der Waals surface area (Å²) in [5, 5.41) is 14.9. The van der Waals surface area contributed by atoms with Crippen molar-refractivity contribution in [3.05, 3.63) is 93.5 Å². The normalized spacial score (nSPS) is 15.7. The third kappa shape index (κ3) is 5.21. The molecule has 0 aliphatic carbocycles. The van der Waals surface area contributed by atoms with Crippen molar-refractivity contribution >= 4 is 40.8 Å². The highest BCUT2D eigenvalue weighted by molar-refractivity contribution is 6.30. The van der Waals surface area contributed by atoms with E-state index in [0.29, 0.717) is 31.9 Å². The molecule has 3 aromatic rings. The van der Waals surface area contributed by atoms with Crippen LogP contribution in [0.15, 0.2) is 71.8 Å². The lowest BCUT2D eigenvalue weighted by molar-refractivity contribution is -0.167. The SMILES string of the molecule is Cc1cccc(C2=NN(C(=O)C(F)(F)CC(=O)O)C(c3ccc(Cl)cc3)C2)c1-c1ccc(Cl)cc1. The number of hydrogen-bond acceptors (Lipinski definition) is 3. The molecule has 180 valence electrons. The Morgan fingerprint density at radius 3 is 2.23 bits per heavy atom. The van der Waals surface area contributed by atoms with E-state index >= 15 is 0 Å². The summed E-state index contributed by atoms with van der Waals surface area (Å²) >= 11 is 12.0. The first-order valence-electron chi connectivity index (χ1n) is 10.7. The van der Waals surface area contributed by atoms with Gasteiger partial charge in [0.2, 0.25) is 0 Å². The Morgan fingerprint density at radius 2 is 1.63 bits per heavy atom. The fourth-order valence-electron chi connectivity index (χ4n) is 4.15. The van der Waals surface area contributed by atoms with Crippen molar-refractivity contribution in [3.8, 4) is 11.1 Å². The Morgan fingerprint density at radius 1 is 1.03 bits per heavy atom. The Bertz CT molecular complexity index is 1310. The number of aryl methyl sites for hydroxylation is 1. The Hall–Kier alpha value is -3.29. The smallest absolute Gasteiger partial charge is 0.337 e. The number of carbonyl (C=O) groups is 2. The van der Waals surface area contributed by atoms with Crippen LogP contribution in [0, 0.1) is 6.92 Å². The topological polar surface area (TPSA) is 70.0 Å². The Balaban J connectivity index is 1.81. The molecule has 3 aromatic carbocycles. The van der Waals surface area contributed by atoms with Gasteiger partial charge in [-0.05, 0) is 53.4 Å². The largest absolute Gasteiger partial charge is 0.481 e. The highest BCUT2D eigenvalue weighted by Crippen LogP contribution is 2.39. The molecule has 1 amide bonds. The van der Waals surface area contributed by atoms with Crippen molar-refractivity contribution in [2.45, 2.75) is 31.7 Å². The van der Waals surface area contributed by atoms with Crippen LogP contribution in [0.25, 0.3) is 11.1 Å². The van der Waals surface area contributed by atoms with Crippen LogP contribution in [0.2, 0.25) is 10.0 Å². The molecule has 1 N–H and O–H groups in total. The van der Waals surface area contributed by atoms with Crippen LogP contribution in [0.1, 0.15) is 35.6 Å². The number of aliphatic carboxylic acids is 1. The number of carboxylic acids is 1. The van der Waals surface area contributed by atoms with Crippen LogP contribution < -0.4 is 0 Å². The maximum Gasteiger partial charge on any atom is 0.337 e. The molecule has 1 unspecified atom stereocenters. The second-order valence-electron chi connectivity index (χ2n) is 8.25. The average Bonchev–Trinajstić information content (AvgIpc) is 3.24. The van der Waals surface area contributed by atoms with Gasteiger partial charge in [-0.2, -0.15) is 13.9 Å². The fraction of sp³-hybridized carbons (Fsp3) is 0.192. The molecule has 0 saturated carbocycles. The molecule has 0 saturated heterocycles. The first kappa shape index (κ1) is 24.8. The van der Waals surface area contributed by atoms with Gasteiger partial charge >= 0.3 is 17.8 Å². The first-order valence-corrected chi connectivity index (χ1v) is 11.4. The summed E-state index contributed by atoms with van der Waals surface area (Å²) in [6.07, 6.45) is -1.47. The van der Waals surface area contributed by atoms with Crippen LogP contribution >= 0.6 is 23.2 Å². The van der Waals surface area contributed by atoms with E-state index in [9.17, 15) is 18.4 Å². The minimum atomic E-state index is -4.12. The summed E-state index contributed by atoms with van der Waals surface area (Å²) in [4.78, 5) is 23.8. The second kappa shape index (κ2) is 9.76. The van der Waals surface area contributed by atoms with Gasteiger partial charge in [-0.25, -0.2) is 5.01 Å². The van der Waals surface area contributed by atoms with Gasteiger partial charge < -0.3 is 5.11 Å². The number of carboxylic acid groups (broad SMARTS) is 1. The lowest BCUT2D eigenvalue weighted by Crippen LogP contribution is -2.42. The van der Waals surface area contributed by atoms with E-state index in [4.69, 9.17) is 28.3 Å². The summed E-state index contributed by atoms with van der Waals surface area (Å²) in [7, 11) is 0. The predicted octanol–water partition coefficient (Wildman–Crippen LogP) is 6.76. The minimum Gasteiger partial charge on any atom is -0.481 e. The number of hydrogen-bond donors (Lipinski definition) is 1. The lowest BCUT2D eigenvalue weighted by Gasteiger charge is -2.25. The molecule has 5 nitrogen and oxygen atoms in total. The van der Waals surface area contributed by atoms with Crippen LogP contribution in [-0.4, -0.2) is 33.6 Å². The number of amides is 1. The van der Waals surface area contributed by atoms with E-state index in [1.54, 1.807) is 36.4 Å². The zero-order chi connectivity index (χ0) is 25.3. The Labute approximate surface area is 210 Å². The van der Waals surface area contributed by atoms with Crippen LogP contribution in [-0.2, 0) is 9.59 Å². The van der Waals surface area contributed by atoms with Gasteiger partial charge in [0.15, 0.2) is 0 Å². The molecule has 9 heteroatoms. The summed E-state index contributed by atoms with van der Waals surface area (Å²) < 4.78 is 29.1. The molecule has 1 heterocycles. The highest BCUT2D eigenvalue weighted by atomic mass is 35.5. The number of carbonyl (C=O) groups excluding carboxylic acids is 1. The molecular formula is C26H20Cl2F2N2O3. The fourth-order valence-corrected chi connectivity index (χ4v) is 4.40. The third-order valence-corrected chi connectivity index (χ3v) is 6.28. The monoisotopic (exact) mass is 516 g/mol. The molecule has 0 spiro atoms. The Kier molecular flexibility index (Phi) is 6.92. The number of hydrazone groups is 1. The van der Waals surface area contributed by atoms with Gasteiger partial charge in [-0.3, -0.25) is 9.59 Å². The molecule has 4 rings (SSSR count). The summed E-state index contributed by atoms with van der Waals surface area (Å²) in [6, 6.07) is 18.4. The molecule has 1 aliphatic rings. The number of benzene rings is 3. The van der Waals surface area contributed by atoms with E-state index in [1.165, 1.54) is 0 Å². The first-order chi connectivity index (χ1) is 16.6. The van der Waals surface area contributed by atoms with Crippen LogP contribution in [0.4, 0.5) is 8.78 Å². The number of alkyl halides is 2. The number of nitrogens with zero attached hydrogens (tertiary/aromatic N) is 2. The average molecular weight is 517 g/mol. The highest BCUT2D eigenvalue weighted by Gasteiger charge is 2.48. The van der Waals surface area contributed by atoms with Gasteiger partial charge in [-0.1, -0.05) is 65.7 Å². The molecule has 0 fully saturated rings. The van der Waals surface area contributed by atoms with E-state index in [-0.39, 0.29) is 6.42 Å². The van der Waals surface area contributed by atoms with Gasteiger partial charge in [0, 0.05) is 22.0 Å². The van der Waals surface area contributed by atoms with Gasteiger partial charge in [0.1, 0.15) is 6.42 Å². The quantitative estimate of drug-likeness (QED) is 0.393. The van der Waals surface area contributed by atoms with Crippen LogP contribution in [0.5, 0.6) is 0 Å². The van der Waals surface area contributed by atoms with Crippen molar-refractivity contribution in [3.63, 3.8) is 0 Å². The third-order valence-electron chi connectivity index (χ3n) is 5.78. The summed E-state index contributed by atoms with van der Waals surface area (Å²) in [5.41, 5.74) is 4.28. The maximum absolute atomic E-state index is 14.6. The van der Waals surface area contributed by atoms with Crippen molar-refractivity contribution in [2.24, 2.45) is 5.10 Å². The van der Waals surface area contributed by atoms with Gasteiger partial charge in [0.05, 0.1) is 11.8 Å². The minimum absolute atomic E-state index is 0.153. The molecule has 0 radical (unpaired) electrons. The number of halogens is 4. The maximum atomic E-state index is 14.6. The van der Waals surface area contributed by atoms with Gasteiger partial charge in [-0.15, -0.1) is 0 Å². The van der Waals surface area contributed by atoms with E-state index in [0.717, 1.165) is 16.7 Å². The van der Waals surface area contributed by atoms with E-state index in [2.05, 4.69) is 5.10 Å². The summed E-state index contributed by atoms with van der Waals surface area (Å²) in [6.45, 7) is 1.92. The van der Waals surface area contributed by atoms with Crippen molar-refractivity contribution in [1.82, 2.24) is 5.01 Å². The number of rotatable bonds is 6. The van der Waals surface area contributed by atoms with E-state index in [1.807, 2.05) is 37.3 Å². The van der Waals surface area contributed by atoms with Gasteiger partial charge in [0.25, 0.3) is 0 Å². The second-order valence-corrected chi connectivity index (χ2v) is 9.12. The molecular weight excluding hydrogens is 497 g/mol. The van der Waals surface area contributed by atoms with Crippen LogP contribution in [0.3, 0.4) is 0 Å². The predicted molar refractivity (Wildman–Crippen MR) is 131 cm³/mol. The van der Waals surface area contributed by atoms with Crippen molar-refractivity contribution in [1.29, 1.82) is 0 Å². The zero-order valence-corrected chi connectivity index (χ0v) is 20.0. The molecule has 0 aromatic heterocycles. The molecule has 35 heavy (non-hydrogen) atoms. The molecule has 0 bridgehead atoms. The zero-order valence-electron chi connectivity index (χ0n) is 18.5. The van der Waals surface area contributed by atoms with Crippen molar-refractivity contribution < 1.29 is 23.5 Å².